The van der Waals surface area contributed by atoms with Crippen LogP contribution in [0.3, 0.4) is 0 Å². The highest BCUT2D eigenvalue weighted by Crippen LogP contribution is 2.24. The number of hydrogen-bond donors (Lipinski definition) is 1. The van der Waals surface area contributed by atoms with Gasteiger partial charge in [0.2, 0.25) is 0 Å². The minimum Gasteiger partial charge on any atom is -0.337 e. The van der Waals surface area contributed by atoms with Gasteiger partial charge >= 0.3 is 0 Å². The Labute approximate surface area is 107 Å². The van der Waals surface area contributed by atoms with Crippen molar-refractivity contribution in [3.8, 4) is 5.69 Å². The molecule has 0 aliphatic heterocycles. The average molecular weight is 272 g/mol. The van der Waals surface area contributed by atoms with Gasteiger partial charge in [-0.15, -0.1) is 0 Å². The first-order chi connectivity index (χ1) is 8.41. The summed E-state index contributed by atoms with van der Waals surface area (Å²) in [7, 11) is 0. The monoisotopic (exact) mass is 272 g/mol. The van der Waals surface area contributed by atoms with E-state index in [4.69, 9.17) is 12.2 Å². The van der Waals surface area contributed by atoms with Crippen LogP contribution in [0.25, 0.3) is 5.69 Å². The van der Waals surface area contributed by atoms with Gasteiger partial charge in [0, 0.05) is 24.0 Å². The number of H-pyrrole nitrogens is 1. The molecular formula is C12H11F3N2S. The molecule has 1 aromatic carbocycles. The Balaban J connectivity index is 2.77. The molecule has 0 amide bonds. The maximum Gasteiger partial charge on any atom is 0.183 e. The first-order valence-electron chi connectivity index (χ1n) is 5.37. The lowest BCUT2D eigenvalue weighted by Gasteiger charge is -2.12. The van der Waals surface area contributed by atoms with Gasteiger partial charge in [0.1, 0.15) is 5.82 Å². The Morgan fingerprint density at radius 2 is 1.89 bits per heavy atom. The summed E-state index contributed by atoms with van der Waals surface area (Å²) in [4.78, 5) is 2.75. The van der Waals surface area contributed by atoms with Crippen molar-refractivity contribution in [2.75, 3.05) is 0 Å². The number of halogens is 3. The molecule has 0 bridgehead atoms. The molecule has 0 spiro atoms. The van der Waals surface area contributed by atoms with Crippen LogP contribution >= 0.6 is 12.2 Å². The lowest BCUT2D eigenvalue weighted by Crippen LogP contribution is -2.06. The molecule has 1 heterocycles. The second-order valence-electron chi connectivity index (χ2n) is 4.23. The van der Waals surface area contributed by atoms with Gasteiger partial charge in [-0.05, 0) is 18.1 Å². The van der Waals surface area contributed by atoms with Crippen molar-refractivity contribution in [3.63, 3.8) is 0 Å². The SMILES string of the molecule is CC(C)c1c[nH]c(=S)n1-c1cc(F)cc(F)c1F. The fraction of sp³-hybridized carbons (Fsp3) is 0.250. The van der Waals surface area contributed by atoms with E-state index in [1.807, 2.05) is 13.8 Å². The van der Waals surface area contributed by atoms with E-state index in [1.165, 1.54) is 4.57 Å². The van der Waals surface area contributed by atoms with Gasteiger partial charge in [0.25, 0.3) is 0 Å². The summed E-state index contributed by atoms with van der Waals surface area (Å²) in [6, 6.07) is 1.43. The highest BCUT2D eigenvalue weighted by molar-refractivity contribution is 7.71. The van der Waals surface area contributed by atoms with E-state index in [0.29, 0.717) is 11.8 Å². The highest BCUT2D eigenvalue weighted by Gasteiger charge is 2.17. The summed E-state index contributed by atoms with van der Waals surface area (Å²) >= 11 is 5.02. The number of aromatic amines is 1. The van der Waals surface area contributed by atoms with Crippen molar-refractivity contribution in [1.29, 1.82) is 0 Å². The van der Waals surface area contributed by atoms with E-state index in [-0.39, 0.29) is 16.4 Å². The molecule has 6 heteroatoms. The number of benzene rings is 1. The Bertz CT molecular complexity index is 643. The van der Waals surface area contributed by atoms with E-state index in [1.54, 1.807) is 6.20 Å². The second kappa shape index (κ2) is 4.61. The standard InChI is InChI=1S/C12H11F3N2S/c1-6(2)10-5-16-12(18)17(10)9-4-7(13)3-8(14)11(9)15/h3-6H,1-2H3,(H,16,18). The van der Waals surface area contributed by atoms with Gasteiger partial charge in [-0.25, -0.2) is 13.2 Å². The van der Waals surface area contributed by atoms with Gasteiger partial charge in [-0.1, -0.05) is 13.8 Å². The van der Waals surface area contributed by atoms with E-state index in [9.17, 15) is 13.2 Å². The van der Waals surface area contributed by atoms with Crippen LogP contribution in [0.15, 0.2) is 18.3 Å². The second-order valence-corrected chi connectivity index (χ2v) is 4.62. The quantitative estimate of drug-likeness (QED) is 0.645. The Morgan fingerprint density at radius 1 is 1.22 bits per heavy atom. The lowest BCUT2D eigenvalue weighted by atomic mass is 10.1. The zero-order valence-electron chi connectivity index (χ0n) is 9.80. The number of aromatic nitrogens is 2. The van der Waals surface area contributed by atoms with Crippen LogP contribution in [-0.4, -0.2) is 9.55 Å². The van der Waals surface area contributed by atoms with Crippen molar-refractivity contribution in [2.24, 2.45) is 0 Å². The topological polar surface area (TPSA) is 20.7 Å². The van der Waals surface area contributed by atoms with Crippen LogP contribution in [0.4, 0.5) is 13.2 Å². The van der Waals surface area contributed by atoms with Crippen LogP contribution in [0, 0.1) is 22.2 Å². The maximum atomic E-state index is 13.7. The third-order valence-corrected chi connectivity index (χ3v) is 2.91. The Hall–Kier alpha value is -1.56. The fourth-order valence-electron chi connectivity index (χ4n) is 1.76. The average Bonchev–Trinajstić information content (AvgIpc) is 2.65. The maximum absolute atomic E-state index is 13.7. The minimum absolute atomic E-state index is 0.0312. The largest absolute Gasteiger partial charge is 0.337 e. The van der Waals surface area contributed by atoms with E-state index in [0.717, 1.165) is 6.07 Å². The molecule has 1 aromatic heterocycles. The molecule has 1 N–H and O–H groups in total. The first kappa shape index (κ1) is 12.9. The predicted octanol–water partition coefficient (Wildman–Crippen LogP) is 4.08. The predicted molar refractivity (Wildman–Crippen MR) is 64.9 cm³/mol. The number of nitrogens with zero attached hydrogens (tertiary/aromatic N) is 1. The molecule has 0 radical (unpaired) electrons. The molecule has 0 fully saturated rings. The van der Waals surface area contributed by atoms with Crippen LogP contribution in [-0.2, 0) is 0 Å². The Kier molecular flexibility index (Phi) is 3.30. The van der Waals surface area contributed by atoms with Gasteiger partial charge in [0.05, 0.1) is 5.69 Å². The van der Waals surface area contributed by atoms with Gasteiger partial charge < -0.3 is 4.98 Å². The zero-order chi connectivity index (χ0) is 13.4. The summed E-state index contributed by atoms with van der Waals surface area (Å²) < 4.78 is 41.7. The number of nitrogens with one attached hydrogen (secondary N) is 1. The highest BCUT2D eigenvalue weighted by atomic mass is 32.1. The van der Waals surface area contributed by atoms with Crippen LogP contribution in [0.1, 0.15) is 25.5 Å². The van der Waals surface area contributed by atoms with Crippen LogP contribution in [0.2, 0.25) is 0 Å². The molecule has 18 heavy (non-hydrogen) atoms. The van der Waals surface area contributed by atoms with E-state index >= 15 is 0 Å². The Morgan fingerprint density at radius 3 is 2.50 bits per heavy atom. The molecule has 96 valence electrons. The molecule has 0 saturated carbocycles. The molecule has 0 unspecified atom stereocenters. The molecular weight excluding hydrogens is 261 g/mol. The minimum atomic E-state index is -1.23. The molecule has 0 saturated heterocycles. The van der Waals surface area contributed by atoms with Gasteiger partial charge in [-0.3, -0.25) is 4.57 Å². The van der Waals surface area contributed by atoms with Crippen LogP contribution < -0.4 is 0 Å². The fourth-order valence-corrected chi connectivity index (χ4v) is 2.02. The number of imidazole rings is 1. The lowest BCUT2D eigenvalue weighted by molar-refractivity contribution is 0.489. The molecule has 2 rings (SSSR count). The van der Waals surface area contributed by atoms with Crippen molar-refractivity contribution in [1.82, 2.24) is 9.55 Å². The van der Waals surface area contributed by atoms with Crippen molar-refractivity contribution in [3.05, 3.63) is 46.2 Å². The summed E-state index contributed by atoms with van der Waals surface area (Å²) in [6.07, 6.45) is 1.61. The van der Waals surface area contributed by atoms with Gasteiger partial charge in [-0.2, -0.15) is 0 Å². The van der Waals surface area contributed by atoms with Crippen molar-refractivity contribution in [2.45, 2.75) is 19.8 Å². The van der Waals surface area contributed by atoms with Gasteiger partial charge in [0.15, 0.2) is 16.4 Å². The smallest absolute Gasteiger partial charge is 0.183 e. The summed E-state index contributed by atoms with van der Waals surface area (Å²) in [5.41, 5.74) is 0.436. The van der Waals surface area contributed by atoms with Crippen molar-refractivity contribution >= 4 is 12.2 Å². The van der Waals surface area contributed by atoms with Crippen molar-refractivity contribution < 1.29 is 13.2 Å². The zero-order valence-corrected chi connectivity index (χ0v) is 10.6. The molecule has 0 atom stereocenters. The molecule has 0 aliphatic rings. The normalized spacial score (nSPS) is 11.2. The molecule has 2 aromatic rings. The summed E-state index contributed by atoms with van der Waals surface area (Å²) in [5, 5.41) is 0. The summed E-state index contributed by atoms with van der Waals surface area (Å²) in [6.45, 7) is 3.75. The van der Waals surface area contributed by atoms with E-state index in [2.05, 4.69) is 4.98 Å². The summed E-state index contributed by atoms with van der Waals surface area (Å²) in [5.74, 6) is -3.16. The first-order valence-corrected chi connectivity index (χ1v) is 5.78. The molecule has 2 nitrogen and oxygen atoms in total. The third-order valence-electron chi connectivity index (χ3n) is 2.61. The third kappa shape index (κ3) is 2.08. The number of hydrogen-bond acceptors (Lipinski definition) is 1. The van der Waals surface area contributed by atoms with Crippen LogP contribution in [0.5, 0.6) is 0 Å². The molecule has 0 aliphatic carbocycles. The number of rotatable bonds is 2. The van der Waals surface area contributed by atoms with E-state index < -0.39 is 17.5 Å².